The standard InChI is InChI=1S/C9H10ClF3N2.ClH/c10-7-2-5(8(15)4-14)1-6(3-7)9(11,12)13;/h1-3,8H,4,14-15H2;1H/t8-;/m1./s1. The molecule has 4 N–H and O–H groups in total. The molecular formula is C9H11Cl2F3N2. The lowest BCUT2D eigenvalue weighted by atomic mass is 10.0. The third-order valence-electron chi connectivity index (χ3n) is 1.93. The zero-order chi connectivity index (χ0) is 11.6. The molecule has 0 heterocycles. The zero-order valence-electron chi connectivity index (χ0n) is 8.09. The average molecular weight is 275 g/mol. The van der Waals surface area contributed by atoms with E-state index in [1.807, 2.05) is 0 Å². The van der Waals surface area contributed by atoms with Gasteiger partial charge in [-0.3, -0.25) is 0 Å². The Bertz CT molecular complexity index is 355. The summed E-state index contributed by atoms with van der Waals surface area (Å²) in [5.41, 5.74) is 10.3. The first-order valence-electron chi connectivity index (χ1n) is 4.18. The Kier molecular flexibility index (Phi) is 5.55. The summed E-state index contributed by atoms with van der Waals surface area (Å²) in [6.07, 6.45) is -4.42. The second-order valence-electron chi connectivity index (χ2n) is 3.11. The van der Waals surface area contributed by atoms with E-state index >= 15 is 0 Å². The van der Waals surface area contributed by atoms with Crippen LogP contribution in [0.25, 0.3) is 0 Å². The first kappa shape index (κ1) is 15.5. The smallest absolute Gasteiger partial charge is 0.329 e. The molecule has 7 heteroatoms. The largest absolute Gasteiger partial charge is 0.416 e. The molecule has 92 valence electrons. The number of rotatable bonds is 2. The molecule has 0 bridgehead atoms. The van der Waals surface area contributed by atoms with Gasteiger partial charge in [-0.25, -0.2) is 0 Å². The van der Waals surface area contributed by atoms with Crippen LogP contribution >= 0.6 is 24.0 Å². The molecule has 0 fully saturated rings. The fourth-order valence-electron chi connectivity index (χ4n) is 1.13. The first-order chi connectivity index (χ1) is 6.84. The highest BCUT2D eigenvalue weighted by Crippen LogP contribution is 2.32. The van der Waals surface area contributed by atoms with Crippen LogP contribution in [0.4, 0.5) is 13.2 Å². The Hall–Kier alpha value is -0.490. The van der Waals surface area contributed by atoms with Crippen LogP contribution in [-0.2, 0) is 6.18 Å². The van der Waals surface area contributed by atoms with Crippen LogP contribution in [0, 0.1) is 0 Å². The normalized spacial score (nSPS) is 13.1. The van der Waals surface area contributed by atoms with E-state index in [0.717, 1.165) is 12.1 Å². The van der Waals surface area contributed by atoms with E-state index in [1.54, 1.807) is 0 Å². The Labute approximate surface area is 102 Å². The fourth-order valence-corrected chi connectivity index (χ4v) is 1.37. The van der Waals surface area contributed by atoms with Crippen LogP contribution < -0.4 is 11.5 Å². The SMILES string of the molecule is Cl.NC[C@@H](N)c1cc(Cl)cc(C(F)(F)F)c1. The maximum absolute atomic E-state index is 12.4. The van der Waals surface area contributed by atoms with E-state index in [2.05, 4.69) is 0 Å². The fraction of sp³-hybridized carbons (Fsp3) is 0.333. The van der Waals surface area contributed by atoms with E-state index in [-0.39, 0.29) is 29.5 Å². The summed E-state index contributed by atoms with van der Waals surface area (Å²) in [6.45, 7) is 0.0671. The van der Waals surface area contributed by atoms with Gasteiger partial charge in [0, 0.05) is 17.6 Å². The summed E-state index contributed by atoms with van der Waals surface area (Å²) in [6, 6.07) is 2.57. The van der Waals surface area contributed by atoms with Crippen molar-refractivity contribution in [1.29, 1.82) is 0 Å². The van der Waals surface area contributed by atoms with Crippen molar-refractivity contribution in [2.75, 3.05) is 6.54 Å². The summed E-state index contributed by atoms with van der Waals surface area (Å²) in [4.78, 5) is 0. The van der Waals surface area contributed by atoms with Gasteiger partial charge in [-0.15, -0.1) is 12.4 Å². The van der Waals surface area contributed by atoms with Gasteiger partial charge in [-0.1, -0.05) is 11.6 Å². The minimum Gasteiger partial charge on any atom is -0.329 e. The molecule has 0 aliphatic carbocycles. The van der Waals surface area contributed by atoms with Crippen LogP contribution in [0.5, 0.6) is 0 Å². The van der Waals surface area contributed by atoms with Crippen LogP contribution in [0.2, 0.25) is 5.02 Å². The molecule has 0 aliphatic rings. The predicted molar refractivity (Wildman–Crippen MR) is 59.7 cm³/mol. The number of hydrogen-bond donors (Lipinski definition) is 2. The lowest BCUT2D eigenvalue weighted by Crippen LogP contribution is -2.21. The van der Waals surface area contributed by atoms with Crippen molar-refractivity contribution in [3.8, 4) is 0 Å². The number of benzene rings is 1. The summed E-state index contributed by atoms with van der Waals surface area (Å²) in [5, 5.41) is 0.00345. The van der Waals surface area contributed by atoms with Crippen molar-refractivity contribution in [1.82, 2.24) is 0 Å². The van der Waals surface area contributed by atoms with Crippen LogP contribution in [0.1, 0.15) is 17.2 Å². The Morgan fingerprint density at radius 3 is 2.25 bits per heavy atom. The maximum Gasteiger partial charge on any atom is 0.416 e. The number of alkyl halides is 3. The molecule has 16 heavy (non-hydrogen) atoms. The van der Waals surface area contributed by atoms with Crippen molar-refractivity contribution >= 4 is 24.0 Å². The molecule has 1 aromatic rings. The summed E-state index contributed by atoms with van der Waals surface area (Å²) >= 11 is 5.56. The van der Waals surface area contributed by atoms with Gasteiger partial charge in [-0.05, 0) is 23.8 Å². The third-order valence-corrected chi connectivity index (χ3v) is 2.15. The van der Waals surface area contributed by atoms with E-state index in [4.69, 9.17) is 23.1 Å². The van der Waals surface area contributed by atoms with Gasteiger partial charge in [0.1, 0.15) is 0 Å². The average Bonchev–Trinajstić information content (AvgIpc) is 2.14. The molecule has 0 spiro atoms. The number of halogens is 5. The van der Waals surface area contributed by atoms with Crippen molar-refractivity contribution in [2.24, 2.45) is 11.5 Å². The molecule has 0 amide bonds. The molecule has 1 rings (SSSR count). The molecule has 2 nitrogen and oxygen atoms in total. The summed E-state index contributed by atoms with van der Waals surface area (Å²) < 4.78 is 37.2. The highest BCUT2D eigenvalue weighted by molar-refractivity contribution is 6.30. The van der Waals surface area contributed by atoms with Gasteiger partial charge in [0.05, 0.1) is 5.56 Å². The van der Waals surface area contributed by atoms with Gasteiger partial charge in [0.25, 0.3) is 0 Å². The molecule has 0 aliphatic heterocycles. The second-order valence-corrected chi connectivity index (χ2v) is 3.55. The maximum atomic E-state index is 12.4. The van der Waals surface area contributed by atoms with E-state index in [0.29, 0.717) is 0 Å². The van der Waals surface area contributed by atoms with Crippen LogP contribution in [0.15, 0.2) is 18.2 Å². The van der Waals surface area contributed by atoms with Crippen LogP contribution in [0.3, 0.4) is 0 Å². The van der Waals surface area contributed by atoms with Crippen molar-refractivity contribution in [3.63, 3.8) is 0 Å². The van der Waals surface area contributed by atoms with Gasteiger partial charge in [-0.2, -0.15) is 13.2 Å². The van der Waals surface area contributed by atoms with Gasteiger partial charge >= 0.3 is 6.18 Å². The first-order valence-corrected chi connectivity index (χ1v) is 4.55. The number of hydrogen-bond acceptors (Lipinski definition) is 2. The molecule has 0 aromatic heterocycles. The number of nitrogens with two attached hydrogens (primary N) is 2. The van der Waals surface area contributed by atoms with Gasteiger partial charge < -0.3 is 11.5 Å². The highest BCUT2D eigenvalue weighted by atomic mass is 35.5. The predicted octanol–water partition coefficient (Wildman–Crippen LogP) is 2.74. The molecule has 1 aromatic carbocycles. The second kappa shape index (κ2) is 5.72. The quantitative estimate of drug-likeness (QED) is 0.871. The highest BCUT2D eigenvalue weighted by Gasteiger charge is 2.31. The lowest BCUT2D eigenvalue weighted by molar-refractivity contribution is -0.137. The molecule has 0 saturated heterocycles. The van der Waals surface area contributed by atoms with Crippen molar-refractivity contribution < 1.29 is 13.2 Å². The summed E-state index contributed by atoms with van der Waals surface area (Å²) in [5.74, 6) is 0. The Balaban J connectivity index is 0.00000225. The molecule has 0 saturated carbocycles. The monoisotopic (exact) mass is 274 g/mol. The van der Waals surface area contributed by atoms with Gasteiger partial charge in [0.2, 0.25) is 0 Å². The molecule has 1 atom stereocenters. The van der Waals surface area contributed by atoms with Crippen molar-refractivity contribution in [2.45, 2.75) is 12.2 Å². The topological polar surface area (TPSA) is 52.0 Å². The Morgan fingerprint density at radius 1 is 1.25 bits per heavy atom. The van der Waals surface area contributed by atoms with Crippen LogP contribution in [-0.4, -0.2) is 6.54 Å². The van der Waals surface area contributed by atoms with E-state index in [9.17, 15) is 13.2 Å². The molecular weight excluding hydrogens is 264 g/mol. The summed E-state index contributed by atoms with van der Waals surface area (Å²) in [7, 11) is 0. The molecule has 0 radical (unpaired) electrons. The van der Waals surface area contributed by atoms with Gasteiger partial charge in [0.15, 0.2) is 0 Å². The zero-order valence-corrected chi connectivity index (χ0v) is 9.66. The molecule has 0 unspecified atom stereocenters. The third kappa shape index (κ3) is 3.83. The lowest BCUT2D eigenvalue weighted by Gasteiger charge is -2.13. The van der Waals surface area contributed by atoms with Crippen molar-refractivity contribution in [3.05, 3.63) is 34.3 Å². The van der Waals surface area contributed by atoms with E-state index < -0.39 is 17.8 Å². The van der Waals surface area contributed by atoms with E-state index in [1.165, 1.54) is 6.07 Å². The minimum absolute atomic E-state index is 0. The Morgan fingerprint density at radius 2 is 1.81 bits per heavy atom. The minimum atomic E-state index is -4.42.